The summed E-state index contributed by atoms with van der Waals surface area (Å²) in [6.07, 6.45) is 1.16. The Bertz CT molecular complexity index is 326. The summed E-state index contributed by atoms with van der Waals surface area (Å²) in [7, 11) is 0. The summed E-state index contributed by atoms with van der Waals surface area (Å²) < 4.78 is 11.2. The third-order valence-corrected chi connectivity index (χ3v) is 2.33. The van der Waals surface area contributed by atoms with Crippen molar-refractivity contribution < 1.29 is 9.47 Å². The van der Waals surface area contributed by atoms with Gasteiger partial charge in [-0.3, -0.25) is 0 Å². The van der Waals surface area contributed by atoms with E-state index >= 15 is 0 Å². The van der Waals surface area contributed by atoms with Crippen LogP contribution in [-0.4, -0.2) is 19.3 Å². The largest absolute Gasteiger partial charge is 0.491 e. The smallest absolute Gasteiger partial charge is 0.124 e. The van der Waals surface area contributed by atoms with Crippen molar-refractivity contribution in [2.45, 2.75) is 39.3 Å². The van der Waals surface area contributed by atoms with E-state index in [1.807, 2.05) is 38.1 Å². The van der Waals surface area contributed by atoms with E-state index in [0.29, 0.717) is 6.61 Å². The van der Waals surface area contributed by atoms with Gasteiger partial charge in [-0.2, -0.15) is 0 Å². The molecule has 0 saturated carbocycles. The Balaban J connectivity index is 2.67. The van der Waals surface area contributed by atoms with Crippen LogP contribution in [0, 0.1) is 0 Å². The highest BCUT2D eigenvalue weighted by Crippen LogP contribution is 2.24. The van der Waals surface area contributed by atoms with Gasteiger partial charge >= 0.3 is 0 Å². The van der Waals surface area contributed by atoms with Crippen LogP contribution in [0.15, 0.2) is 24.3 Å². The minimum Gasteiger partial charge on any atom is -0.491 e. The average Bonchev–Trinajstić information content (AvgIpc) is 2.29. The maximum atomic E-state index is 6.11. The molecule has 1 aromatic carbocycles. The SMILES string of the molecule is CCCOCC(N)c1ccccc1OC(C)C. The second-order valence-electron chi connectivity index (χ2n) is 4.39. The number of hydrogen-bond donors (Lipinski definition) is 1. The van der Waals surface area contributed by atoms with E-state index in [9.17, 15) is 0 Å². The zero-order chi connectivity index (χ0) is 12.7. The Morgan fingerprint density at radius 1 is 1.24 bits per heavy atom. The van der Waals surface area contributed by atoms with Gasteiger partial charge in [0.2, 0.25) is 0 Å². The summed E-state index contributed by atoms with van der Waals surface area (Å²) in [5.41, 5.74) is 7.12. The summed E-state index contributed by atoms with van der Waals surface area (Å²) in [4.78, 5) is 0. The predicted molar refractivity (Wildman–Crippen MR) is 70.2 cm³/mol. The predicted octanol–water partition coefficient (Wildman–Crippen LogP) is 2.90. The van der Waals surface area contributed by atoms with Crippen LogP contribution in [0.25, 0.3) is 0 Å². The summed E-state index contributed by atoms with van der Waals surface area (Å²) in [5.74, 6) is 0.857. The van der Waals surface area contributed by atoms with Crippen LogP contribution in [0.3, 0.4) is 0 Å². The number of ether oxygens (including phenoxy) is 2. The van der Waals surface area contributed by atoms with Crippen molar-refractivity contribution in [2.24, 2.45) is 5.73 Å². The summed E-state index contributed by atoms with van der Waals surface area (Å²) in [6, 6.07) is 7.76. The van der Waals surface area contributed by atoms with Crippen LogP contribution >= 0.6 is 0 Å². The second-order valence-corrected chi connectivity index (χ2v) is 4.39. The zero-order valence-electron chi connectivity index (χ0n) is 11.0. The van der Waals surface area contributed by atoms with Crippen molar-refractivity contribution in [3.63, 3.8) is 0 Å². The highest BCUT2D eigenvalue weighted by Gasteiger charge is 2.12. The van der Waals surface area contributed by atoms with Gasteiger partial charge in [-0.25, -0.2) is 0 Å². The summed E-state index contributed by atoms with van der Waals surface area (Å²) in [5, 5.41) is 0. The number of rotatable bonds is 7. The Morgan fingerprint density at radius 3 is 2.59 bits per heavy atom. The van der Waals surface area contributed by atoms with Gasteiger partial charge in [-0.1, -0.05) is 25.1 Å². The van der Waals surface area contributed by atoms with Crippen LogP contribution in [0.2, 0.25) is 0 Å². The summed E-state index contributed by atoms with van der Waals surface area (Å²) in [6.45, 7) is 7.39. The molecule has 0 aliphatic heterocycles. The lowest BCUT2D eigenvalue weighted by Crippen LogP contribution is -2.19. The number of benzene rings is 1. The van der Waals surface area contributed by atoms with Crippen molar-refractivity contribution in [2.75, 3.05) is 13.2 Å². The molecule has 1 rings (SSSR count). The molecule has 0 aliphatic rings. The Labute approximate surface area is 104 Å². The molecule has 96 valence electrons. The Hall–Kier alpha value is -1.06. The fraction of sp³-hybridized carbons (Fsp3) is 0.571. The first kappa shape index (κ1) is 14.0. The monoisotopic (exact) mass is 237 g/mol. The average molecular weight is 237 g/mol. The maximum absolute atomic E-state index is 6.11. The quantitative estimate of drug-likeness (QED) is 0.742. The van der Waals surface area contributed by atoms with E-state index in [0.717, 1.165) is 24.3 Å². The number of para-hydroxylation sites is 1. The molecule has 1 aromatic rings. The molecule has 0 saturated heterocycles. The molecular weight excluding hydrogens is 214 g/mol. The van der Waals surface area contributed by atoms with E-state index in [2.05, 4.69) is 6.92 Å². The highest BCUT2D eigenvalue weighted by atomic mass is 16.5. The molecule has 1 unspecified atom stereocenters. The van der Waals surface area contributed by atoms with E-state index in [4.69, 9.17) is 15.2 Å². The molecule has 0 radical (unpaired) electrons. The van der Waals surface area contributed by atoms with E-state index in [-0.39, 0.29) is 12.1 Å². The normalized spacial score (nSPS) is 12.8. The van der Waals surface area contributed by atoms with Crippen molar-refractivity contribution in [3.8, 4) is 5.75 Å². The lowest BCUT2D eigenvalue weighted by molar-refractivity contribution is 0.120. The van der Waals surface area contributed by atoms with Gasteiger partial charge in [-0.05, 0) is 26.3 Å². The fourth-order valence-electron chi connectivity index (χ4n) is 1.59. The topological polar surface area (TPSA) is 44.5 Å². The van der Waals surface area contributed by atoms with Gasteiger partial charge in [0.15, 0.2) is 0 Å². The van der Waals surface area contributed by atoms with E-state index < -0.39 is 0 Å². The molecule has 2 N–H and O–H groups in total. The van der Waals surface area contributed by atoms with Crippen molar-refractivity contribution >= 4 is 0 Å². The number of nitrogens with two attached hydrogens (primary N) is 1. The van der Waals surface area contributed by atoms with Crippen LogP contribution in [0.1, 0.15) is 38.8 Å². The molecule has 17 heavy (non-hydrogen) atoms. The first-order valence-electron chi connectivity index (χ1n) is 6.24. The maximum Gasteiger partial charge on any atom is 0.124 e. The first-order chi connectivity index (χ1) is 8.15. The highest BCUT2D eigenvalue weighted by molar-refractivity contribution is 5.35. The van der Waals surface area contributed by atoms with Crippen LogP contribution < -0.4 is 10.5 Å². The molecule has 0 bridgehead atoms. The first-order valence-corrected chi connectivity index (χ1v) is 6.24. The van der Waals surface area contributed by atoms with Gasteiger partial charge in [0.05, 0.1) is 18.8 Å². The minimum absolute atomic E-state index is 0.128. The van der Waals surface area contributed by atoms with Gasteiger partial charge in [0.1, 0.15) is 5.75 Å². The molecule has 0 spiro atoms. The van der Waals surface area contributed by atoms with Crippen molar-refractivity contribution in [1.82, 2.24) is 0 Å². The van der Waals surface area contributed by atoms with Gasteiger partial charge in [0, 0.05) is 12.2 Å². The third kappa shape index (κ3) is 4.75. The van der Waals surface area contributed by atoms with Gasteiger partial charge < -0.3 is 15.2 Å². The van der Waals surface area contributed by atoms with E-state index in [1.54, 1.807) is 0 Å². The van der Waals surface area contributed by atoms with Crippen molar-refractivity contribution in [3.05, 3.63) is 29.8 Å². The van der Waals surface area contributed by atoms with Gasteiger partial charge in [-0.15, -0.1) is 0 Å². The van der Waals surface area contributed by atoms with Gasteiger partial charge in [0.25, 0.3) is 0 Å². The van der Waals surface area contributed by atoms with E-state index in [1.165, 1.54) is 0 Å². The summed E-state index contributed by atoms with van der Waals surface area (Å²) >= 11 is 0. The van der Waals surface area contributed by atoms with Crippen LogP contribution in [0.5, 0.6) is 5.75 Å². The molecule has 0 amide bonds. The number of hydrogen-bond acceptors (Lipinski definition) is 3. The zero-order valence-corrected chi connectivity index (χ0v) is 11.0. The molecule has 3 heteroatoms. The molecule has 0 aliphatic carbocycles. The molecule has 0 fully saturated rings. The lowest BCUT2D eigenvalue weighted by atomic mass is 10.1. The Kier molecular flexibility index (Phi) is 6.01. The molecule has 0 heterocycles. The van der Waals surface area contributed by atoms with Crippen LogP contribution in [-0.2, 0) is 4.74 Å². The van der Waals surface area contributed by atoms with Crippen LogP contribution in [0.4, 0.5) is 0 Å². The third-order valence-electron chi connectivity index (χ3n) is 2.33. The molecule has 0 aromatic heterocycles. The standard InChI is InChI=1S/C14H23NO2/c1-4-9-16-10-13(15)12-7-5-6-8-14(12)17-11(2)3/h5-8,11,13H,4,9-10,15H2,1-3H3. The molecule has 1 atom stereocenters. The van der Waals surface area contributed by atoms with Crippen molar-refractivity contribution in [1.29, 1.82) is 0 Å². The lowest BCUT2D eigenvalue weighted by Gasteiger charge is -2.18. The second kappa shape index (κ2) is 7.30. The molecule has 3 nitrogen and oxygen atoms in total. The minimum atomic E-state index is -0.128. The molecular formula is C14H23NO2. The fourth-order valence-corrected chi connectivity index (χ4v) is 1.59. The Morgan fingerprint density at radius 2 is 1.94 bits per heavy atom.